The SMILES string of the molecule is CCCCC1=Cc2c(ccc(C(C)(C)C)c2-c2ccccc2-c2ccccc2)[CH]1. The summed E-state index contributed by atoms with van der Waals surface area (Å²) in [5, 5.41) is 0. The molecule has 1 radical (unpaired) electrons. The van der Waals surface area contributed by atoms with Crippen LogP contribution in [0.4, 0.5) is 0 Å². The van der Waals surface area contributed by atoms with Gasteiger partial charge in [-0.15, -0.1) is 0 Å². The second-order valence-electron chi connectivity index (χ2n) is 9.12. The highest BCUT2D eigenvalue weighted by Crippen LogP contribution is 2.45. The zero-order valence-electron chi connectivity index (χ0n) is 18.1. The molecule has 3 aromatic carbocycles. The molecule has 0 nitrogen and oxygen atoms in total. The number of rotatable bonds is 5. The minimum atomic E-state index is 0.0776. The van der Waals surface area contributed by atoms with Gasteiger partial charge < -0.3 is 0 Å². The van der Waals surface area contributed by atoms with Crippen LogP contribution in [0.2, 0.25) is 0 Å². The standard InChI is InChI=1S/C29H31/c1-5-6-12-21-19-23-17-18-27(29(2,3)4)28(26(23)20-21)25-16-11-10-15-24(25)22-13-8-7-9-14-22/h7-11,13-20H,5-6,12H2,1-4H3. The summed E-state index contributed by atoms with van der Waals surface area (Å²) in [5.41, 5.74) is 11.0. The Kier molecular flexibility index (Phi) is 5.46. The second kappa shape index (κ2) is 8.03. The maximum absolute atomic E-state index is 2.44. The van der Waals surface area contributed by atoms with E-state index in [2.05, 4.69) is 107 Å². The smallest absolute Gasteiger partial charge is 0.0164 e. The molecule has 4 rings (SSSR count). The fourth-order valence-electron chi connectivity index (χ4n) is 4.35. The summed E-state index contributed by atoms with van der Waals surface area (Å²) in [6.45, 7) is 9.24. The largest absolute Gasteiger partial charge is 0.0654 e. The highest BCUT2D eigenvalue weighted by molar-refractivity contribution is 5.92. The fourth-order valence-corrected chi connectivity index (χ4v) is 4.35. The van der Waals surface area contributed by atoms with Crippen molar-refractivity contribution in [2.75, 3.05) is 0 Å². The van der Waals surface area contributed by atoms with Crippen LogP contribution in [-0.2, 0) is 5.41 Å². The van der Waals surface area contributed by atoms with Gasteiger partial charge in [-0.1, -0.05) is 112 Å². The van der Waals surface area contributed by atoms with E-state index in [1.165, 1.54) is 57.4 Å². The topological polar surface area (TPSA) is 0 Å². The molecule has 0 heteroatoms. The van der Waals surface area contributed by atoms with Gasteiger partial charge in [0.1, 0.15) is 0 Å². The Morgan fingerprint density at radius 2 is 1.45 bits per heavy atom. The van der Waals surface area contributed by atoms with Gasteiger partial charge in [-0.3, -0.25) is 0 Å². The van der Waals surface area contributed by atoms with Crippen LogP contribution >= 0.6 is 0 Å². The summed E-state index contributed by atoms with van der Waals surface area (Å²) in [4.78, 5) is 0. The summed E-state index contributed by atoms with van der Waals surface area (Å²) >= 11 is 0. The third-order valence-corrected chi connectivity index (χ3v) is 5.86. The monoisotopic (exact) mass is 379 g/mol. The van der Waals surface area contributed by atoms with Crippen LogP contribution in [0.1, 0.15) is 63.6 Å². The average Bonchev–Trinajstić information content (AvgIpc) is 3.14. The van der Waals surface area contributed by atoms with Crippen molar-refractivity contribution in [3.8, 4) is 22.3 Å². The first-order valence-electron chi connectivity index (χ1n) is 10.9. The van der Waals surface area contributed by atoms with Gasteiger partial charge in [0, 0.05) is 6.42 Å². The van der Waals surface area contributed by atoms with Gasteiger partial charge in [-0.2, -0.15) is 0 Å². The van der Waals surface area contributed by atoms with Crippen molar-refractivity contribution < 1.29 is 0 Å². The molecular weight excluding hydrogens is 348 g/mol. The maximum Gasteiger partial charge on any atom is 0.0164 e. The second-order valence-corrected chi connectivity index (χ2v) is 9.12. The number of benzene rings is 3. The third-order valence-electron chi connectivity index (χ3n) is 5.86. The number of hydrogen-bond acceptors (Lipinski definition) is 0. The number of hydrogen-bond donors (Lipinski definition) is 0. The van der Waals surface area contributed by atoms with Crippen molar-refractivity contribution >= 4 is 6.08 Å². The van der Waals surface area contributed by atoms with Crippen molar-refractivity contribution in [1.82, 2.24) is 0 Å². The van der Waals surface area contributed by atoms with Crippen molar-refractivity contribution in [2.24, 2.45) is 0 Å². The van der Waals surface area contributed by atoms with Crippen LogP contribution in [0.3, 0.4) is 0 Å². The molecular formula is C29H31. The molecule has 0 aromatic heterocycles. The Bertz CT molecular complexity index is 1030. The molecule has 1 aliphatic rings. The van der Waals surface area contributed by atoms with E-state index in [9.17, 15) is 0 Å². The Balaban J connectivity index is 1.96. The lowest BCUT2D eigenvalue weighted by Crippen LogP contribution is -2.14. The van der Waals surface area contributed by atoms with Crippen molar-refractivity contribution in [3.05, 3.63) is 95.4 Å². The molecule has 0 fully saturated rings. The normalized spacial score (nSPS) is 13.3. The number of unbranched alkanes of at least 4 members (excludes halogenated alkanes) is 1. The van der Waals surface area contributed by atoms with E-state index in [-0.39, 0.29) is 5.41 Å². The molecule has 0 saturated carbocycles. The summed E-state index contributed by atoms with van der Waals surface area (Å²) in [5.74, 6) is 0. The minimum Gasteiger partial charge on any atom is -0.0654 e. The Morgan fingerprint density at radius 3 is 2.14 bits per heavy atom. The van der Waals surface area contributed by atoms with Gasteiger partial charge >= 0.3 is 0 Å². The van der Waals surface area contributed by atoms with Gasteiger partial charge in [0.25, 0.3) is 0 Å². The van der Waals surface area contributed by atoms with E-state index in [1.807, 2.05) is 0 Å². The summed E-state index contributed by atoms with van der Waals surface area (Å²) in [7, 11) is 0. The average molecular weight is 380 g/mol. The lowest BCUT2D eigenvalue weighted by atomic mass is 9.78. The molecule has 0 unspecified atom stereocenters. The molecule has 0 atom stereocenters. The van der Waals surface area contributed by atoms with E-state index in [1.54, 1.807) is 0 Å². The molecule has 0 bridgehead atoms. The first kappa shape index (κ1) is 19.7. The Hall–Kier alpha value is -2.60. The molecule has 0 spiro atoms. The Morgan fingerprint density at radius 1 is 0.759 bits per heavy atom. The predicted molar refractivity (Wildman–Crippen MR) is 127 cm³/mol. The van der Waals surface area contributed by atoms with Crippen LogP contribution in [0.15, 0.2) is 72.3 Å². The number of fused-ring (bicyclic) bond motifs is 1. The molecule has 1 aliphatic carbocycles. The van der Waals surface area contributed by atoms with E-state index >= 15 is 0 Å². The van der Waals surface area contributed by atoms with Gasteiger partial charge in [0.2, 0.25) is 0 Å². The summed E-state index contributed by atoms with van der Waals surface area (Å²) in [6, 6.07) is 24.3. The number of allylic oxidation sites excluding steroid dienone is 1. The van der Waals surface area contributed by atoms with Gasteiger partial charge in [-0.05, 0) is 57.2 Å². The van der Waals surface area contributed by atoms with Crippen LogP contribution < -0.4 is 0 Å². The van der Waals surface area contributed by atoms with E-state index in [4.69, 9.17) is 0 Å². The summed E-state index contributed by atoms with van der Waals surface area (Å²) in [6.07, 6.45) is 8.48. The summed E-state index contributed by atoms with van der Waals surface area (Å²) < 4.78 is 0. The first-order chi connectivity index (χ1) is 14.0. The molecule has 3 aromatic rings. The third kappa shape index (κ3) is 3.94. The van der Waals surface area contributed by atoms with E-state index in [0.717, 1.165) is 6.42 Å². The zero-order chi connectivity index (χ0) is 20.4. The highest BCUT2D eigenvalue weighted by atomic mass is 14.3. The van der Waals surface area contributed by atoms with Crippen molar-refractivity contribution in [2.45, 2.75) is 52.4 Å². The maximum atomic E-state index is 2.44. The van der Waals surface area contributed by atoms with E-state index < -0.39 is 0 Å². The molecule has 147 valence electrons. The molecule has 0 aliphatic heterocycles. The zero-order valence-corrected chi connectivity index (χ0v) is 18.1. The van der Waals surface area contributed by atoms with Gasteiger partial charge in [-0.25, -0.2) is 0 Å². The lowest BCUT2D eigenvalue weighted by molar-refractivity contribution is 0.592. The predicted octanol–water partition coefficient (Wildman–Crippen LogP) is 8.46. The van der Waals surface area contributed by atoms with Crippen LogP contribution in [0.25, 0.3) is 28.3 Å². The van der Waals surface area contributed by atoms with Crippen molar-refractivity contribution in [1.29, 1.82) is 0 Å². The van der Waals surface area contributed by atoms with Crippen LogP contribution in [0.5, 0.6) is 0 Å². The van der Waals surface area contributed by atoms with E-state index in [0.29, 0.717) is 0 Å². The molecule has 0 saturated heterocycles. The van der Waals surface area contributed by atoms with Crippen LogP contribution in [0, 0.1) is 6.42 Å². The molecule has 29 heavy (non-hydrogen) atoms. The Labute approximate surface area is 176 Å². The van der Waals surface area contributed by atoms with Gasteiger partial charge in [0.15, 0.2) is 0 Å². The quantitative estimate of drug-likeness (QED) is 0.417. The van der Waals surface area contributed by atoms with Crippen molar-refractivity contribution in [3.63, 3.8) is 0 Å². The van der Waals surface area contributed by atoms with Crippen LogP contribution in [-0.4, -0.2) is 0 Å². The lowest BCUT2D eigenvalue weighted by Gasteiger charge is -2.26. The minimum absolute atomic E-state index is 0.0776. The molecule has 0 heterocycles. The van der Waals surface area contributed by atoms with Gasteiger partial charge in [0.05, 0.1) is 0 Å². The highest BCUT2D eigenvalue weighted by Gasteiger charge is 2.26. The first-order valence-corrected chi connectivity index (χ1v) is 10.9. The molecule has 0 N–H and O–H groups in total. The fraction of sp³-hybridized carbons (Fsp3) is 0.276. The molecule has 0 amide bonds.